The number of nitrogens with one attached hydrogen (secondary N) is 1. The molecule has 0 radical (unpaired) electrons. The molecule has 5 aromatic rings. The maximum Gasteiger partial charge on any atom is 0.254 e. The Hall–Kier alpha value is -5.98. The van der Waals surface area contributed by atoms with Crippen LogP contribution in [0.3, 0.4) is 0 Å². The first kappa shape index (κ1) is 49.6. The molecule has 2 saturated heterocycles. The zero-order valence-electron chi connectivity index (χ0n) is 43.8. The monoisotopic (exact) mass is 995 g/mol. The number of fused-ring (bicyclic) bond motifs is 2. The highest BCUT2D eigenvalue weighted by Gasteiger charge is 2.64. The van der Waals surface area contributed by atoms with Crippen molar-refractivity contribution in [3.05, 3.63) is 93.2 Å². The third kappa shape index (κ3) is 8.90. The Morgan fingerprint density at radius 3 is 2.35 bits per heavy atom. The lowest BCUT2D eigenvalue weighted by Gasteiger charge is -2.63. The van der Waals surface area contributed by atoms with Crippen molar-refractivity contribution in [3.8, 4) is 22.9 Å². The molecule has 1 saturated carbocycles. The van der Waals surface area contributed by atoms with Crippen LogP contribution in [-0.2, 0) is 31.2 Å². The molecule has 1 N–H and O–H groups in total. The van der Waals surface area contributed by atoms with E-state index in [1.165, 1.54) is 33.6 Å². The van der Waals surface area contributed by atoms with Crippen molar-refractivity contribution in [2.24, 2.45) is 29.2 Å². The van der Waals surface area contributed by atoms with Gasteiger partial charge in [0.25, 0.3) is 5.91 Å². The number of aryl methyl sites for hydroxylation is 3. The van der Waals surface area contributed by atoms with Crippen LogP contribution in [0.5, 0.6) is 5.75 Å². The minimum absolute atomic E-state index is 0.0243. The first-order valence-electron chi connectivity index (χ1n) is 26.0. The van der Waals surface area contributed by atoms with Gasteiger partial charge in [-0.3, -0.25) is 19.0 Å². The van der Waals surface area contributed by atoms with Gasteiger partial charge in [0.2, 0.25) is 11.9 Å². The van der Waals surface area contributed by atoms with Crippen LogP contribution in [0.25, 0.3) is 11.1 Å². The predicted octanol–water partition coefficient (Wildman–Crippen LogP) is 9.01. The number of carbonyl (C=O) groups is 2. The fourth-order valence-corrected chi connectivity index (χ4v) is 13.4. The van der Waals surface area contributed by atoms with E-state index in [2.05, 4.69) is 103 Å². The number of carbonyl (C=O) groups excluding carboxylic acids is 2. The third-order valence-electron chi connectivity index (χ3n) is 17.2. The van der Waals surface area contributed by atoms with Gasteiger partial charge in [-0.15, -0.1) is 0 Å². The minimum atomic E-state index is -0.392. The predicted molar refractivity (Wildman–Crippen MR) is 281 cm³/mol. The largest absolute Gasteiger partial charge is 0.489 e. The summed E-state index contributed by atoms with van der Waals surface area (Å²) in [5, 5.41) is 23.1. The second kappa shape index (κ2) is 18.8. The number of anilines is 3. The van der Waals surface area contributed by atoms with Crippen LogP contribution >= 0.6 is 11.6 Å². The van der Waals surface area contributed by atoms with Crippen LogP contribution in [-0.4, -0.2) is 109 Å². The number of hydrogen-bond acceptors (Lipinski definition) is 11. The maximum atomic E-state index is 13.7. The number of aromatic nitrogens is 6. The Balaban J connectivity index is 0.759. The normalized spacial score (nSPS) is 22.6. The van der Waals surface area contributed by atoms with E-state index in [0.717, 1.165) is 101 Å². The molecule has 380 valence electrons. The SMILES string of the molecule is CC(=O)N1CCc2c(c(N3CCCc4cc(-c5cnn(C)c5)c(C)cc43)nn2C2CCN(CC3CCN(c4ncc(C(=O)NC5C(C)(C)C(Oc6ccc(C#N)c(Cl)c6C)C5(C)C)cn4)CC3(C)C)CC2)C1. The van der Waals surface area contributed by atoms with E-state index < -0.39 is 10.8 Å². The Labute approximate surface area is 429 Å². The number of nitriles is 1. The van der Waals surface area contributed by atoms with Gasteiger partial charge in [0, 0.05) is 130 Å². The molecule has 5 aliphatic rings. The average Bonchev–Trinajstić information content (AvgIpc) is 3.97. The van der Waals surface area contributed by atoms with E-state index in [-0.39, 0.29) is 29.4 Å². The highest BCUT2D eigenvalue weighted by atomic mass is 35.5. The van der Waals surface area contributed by atoms with Crippen molar-refractivity contribution < 1.29 is 14.3 Å². The number of ether oxygens (including phenoxy) is 1. The number of likely N-dealkylation sites (tertiary alicyclic amines) is 1. The van der Waals surface area contributed by atoms with Gasteiger partial charge in [-0.1, -0.05) is 53.1 Å². The van der Waals surface area contributed by atoms with Gasteiger partial charge >= 0.3 is 0 Å². The Kier molecular flexibility index (Phi) is 13.0. The summed E-state index contributed by atoms with van der Waals surface area (Å²) in [6, 6.07) is 10.4. The lowest BCUT2D eigenvalue weighted by atomic mass is 9.49. The lowest BCUT2D eigenvalue weighted by molar-refractivity contribution is -0.164. The molecule has 15 nitrogen and oxygen atoms in total. The number of rotatable bonds is 10. The molecule has 10 rings (SSSR count). The fourth-order valence-electron chi connectivity index (χ4n) is 13.2. The molecule has 3 aromatic heterocycles. The van der Waals surface area contributed by atoms with Crippen LogP contribution in [0, 0.1) is 47.3 Å². The number of halogens is 1. The van der Waals surface area contributed by atoms with E-state index in [4.69, 9.17) is 31.4 Å². The molecule has 72 heavy (non-hydrogen) atoms. The Morgan fingerprint density at radius 1 is 0.944 bits per heavy atom. The topological polar surface area (TPSA) is 154 Å². The van der Waals surface area contributed by atoms with E-state index >= 15 is 0 Å². The summed E-state index contributed by atoms with van der Waals surface area (Å²) in [6.45, 7) is 25.9. The van der Waals surface area contributed by atoms with Gasteiger partial charge < -0.3 is 29.7 Å². The highest BCUT2D eigenvalue weighted by molar-refractivity contribution is 6.32. The molecular formula is C56H71ClN12O3. The van der Waals surface area contributed by atoms with Gasteiger partial charge in [-0.05, 0) is 98.2 Å². The number of piperidine rings is 2. The average molecular weight is 996 g/mol. The number of nitrogens with zero attached hydrogens (tertiary/aromatic N) is 11. The van der Waals surface area contributed by atoms with Crippen molar-refractivity contribution in [1.29, 1.82) is 5.26 Å². The molecule has 2 aromatic carbocycles. The van der Waals surface area contributed by atoms with Crippen molar-refractivity contribution in [3.63, 3.8) is 0 Å². The molecule has 3 fully saturated rings. The van der Waals surface area contributed by atoms with Crippen molar-refractivity contribution in [2.45, 2.75) is 126 Å². The summed E-state index contributed by atoms with van der Waals surface area (Å²) in [5.74, 6) is 2.73. The fraction of sp³-hybridized carbons (Fsp3) is 0.554. The van der Waals surface area contributed by atoms with E-state index in [1.54, 1.807) is 31.5 Å². The first-order valence-corrected chi connectivity index (χ1v) is 26.3. The summed E-state index contributed by atoms with van der Waals surface area (Å²) < 4.78 is 10.8. The minimum Gasteiger partial charge on any atom is -0.489 e. The number of benzene rings is 2. The Bertz CT molecular complexity index is 2930. The molecule has 16 heteroatoms. The van der Waals surface area contributed by atoms with E-state index in [9.17, 15) is 14.9 Å². The summed E-state index contributed by atoms with van der Waals surface area (Å²) in [6.07, 6.45) is 13.1. The molecule has 7 heterocycles. The standard InChI is InChI=1S/C56H71ClN12O3/c1-34-24-46-37(25-43(34)40-29-61-64(10)30-40)12-11-19-68(46)49-44-32-66(36(3)70)23-18-45(44)69(63-49)42-16-20-65(21-17-42)31-41-15-22-67(33-54(41,4)5)53-59-27-39(28-60-53)50(71)62-51-55(6,7)52(56(51,8)9)72-47-14-13-38(26-58)48(57)35(47)2/h13-14,24-25,27-30,41-42,51-52H,11-12,15-23,31-33H2,1-10H3,(H,62,71). The van der Waals surface area contributed by atoms with Gasteiger partial charge in [-0.25, -0.2) is 9.97 Å². The van der Waals surface area contributed by atoms with Crippen molar-refractivity contribution in [1.82, 2.24) is 44.6 Å². The Morgan fingerprint density at radius 2 is 1.68 bits per heavy atom. The summed E-state index contributed by atoms with van der Waals surface area (Å²) in [7, 11) is 1.96. The highest BCUT2D eigenvalue weighted by Crippen LogP contribution is 2.56. The first-order chi connectivity index (χ1) is 34.2. The summed E-state index contributed by atoms with van der Waals surface area (Å²) >= 11 is 6.47. The summed E-state index contributed by atoms with van der Waals surface area (Å²) in [5.41, 5.74) is 9.48. The number of hydrogen-bond donors (Lipinski definition) is 1. The van der Waals surface area contributed by atoms with E-state index in [0.29, 0.717) is 46.4 Å². The molecule has 2 amide bonds. The van der Waals surface area contributed by atoms with Crippen LogP contribution < -0.4 is 19.9 Å². The van der Waals surface area contributed by atoms with Crippen LogP contribution in [0.1, 0.15) is 124 Å². The van der Waals surface area contributed by atoms with Gasteiger partial charge in [0.1, 0.15) is 17.9 Å². The molecule has 1 atom stereocenters. The molecule has 0 bridgehead atoms. The molecule has 4 aliphatic heterocycles. The molecule has 1 unspecified atom stereocenters. The maximum absolute atomic E-state index is 13.7. The second-order valence-corrected chi connectivity index (χ2v) is 23.6. The van der Waals surface area contributed by atoms with Gasteiger partial charge in [0.05, 0.1) is 34.9 Å². The quantitative estimate of drug-likeness (QED) is 0.143. The zero-order chi connectivity index (χ0) is 51.0. The lowest BCUT2D eigenvalue weighted by Crippen LogP contribution is -2.74. The smallest absolute Gasteiger partial charge is 0.254 e. The third-order valence-corrected chi connectivity index (χ3v) is 17.6. The van der Waals surface area contributed by atoms with Gasteiger partial charge in [-0.2, -0.15) is 15.5 Å². The van der Waals surface area contributed by atoms with Crippen molar-refractivity contribution >= 4 is 40.9 Å². The second-order valence-electron chi connectivity index (χ2n) is 23.2. The van der Waals surface area contributed by atoms with Crippen LogP contribution in [0.4, 0.5) is 17.5 Å². The molecular weight excluding hydrogens is 924 g/mol. The zero-order valence-corrected chi connectivity index (χ0v) is 44.6. The van der Waals surface area contributed by atoms with Crippen LogP contribution in [0.15, 0.2) is 49.1 Å². The molecule has 0 spiro atoms. The number of amides is 2. The van der Waals surface area contributed by atoms with Crippen molar-refractivity contribution in [2.75, 3.05) is 55.6 Å². The van der Waals surface area contributed by atoms with Gasteiger partial charge in [0.15, 0.2) is 5.82 Å². The molecule has 1 aliphatic carbocycles. The summed E-state index contributed by atoms with van der Waals surface area (Å²) in [4.78, 5) is 45.4. The van der Waals surface area contributed by atoms with E-state index in [1.807, 2.05) is 29.7 Å². The van der Waals surface area contributed by atoms with Crippen LogP contribution in [0.2, 0.25) is 5.02 Å².